The van der Waals surface area contributed by atoms with E-state index in [2.05, 4.69) is 15.6 Å². The van der Waals surface area contributed by atoms with Gasteiger partial charge in [0.2, 0.25) is 0 Å². The van der Waals surface area contributed by atoms with E-state index in [1.54, 1.807) is 47.4 Å². The lowest BCUT2D eigenvalue weighted by Gasteiger charge is -2.33. The van der Waals surface area contributed by atoms with Gasteiger partial charge >= 0.3 is 12.1 Å². The Bertz CT molecular complexity index is 1650. The van der Waals surface area contributed by atoms with Crippen LogP contribution in [0.2, 0.25) is 5.02 Å². The Morgan fingerprint density at radius 2 is 1.64 bits per heavy atom. The summed E-state index contributed by atoms with van der Waals surface area (Å²) in [4.78, 5) is 56.5. The molecule has 1 aliphatic carbocycles. The number of carbonyl (C=O) groups excluding carboxylic acids is 3. The first-order valence-corrected chi connectivity index (χ1v) is 15.0. The maximum Gasteiger partial charge on any atom is 0.410 e. The number of halogens is 1. The fraction of sp³-hybridized carbons (Fsp3) is 0.364. The van der Waals surface area contributed by atoms with Gasteiger partial charge in [-0.1, -0.05) is 29.8 Å². The van der Waals surface area contributed by atoms with Gasteiger partial charge in [-0.2, -0.15) is 0 Å². The van der Waals surface area contributed by atoms with Crippen molar-refractivity contribution in [2.24, 2.45) is 0 Å². The number of ether oxygens (including phenoxy) is 1. The quantitative estimate of drug-likeness (QED) is 0.307. The van der Waals surface area contributed by atoms with E-state index < -0.39 is 28.8 Å². The minimum Gasteiger partial charge on any atom is -0.505 e. The molecule has 1 unspecified atom stereocenters. The summed E-state index contributed by atoms with van der Waals surface area (Å²) >= 11 is 6.08. The lowest BCUT2D eigenvalue weighted by atomic mass is 9.95. The van der Waals surface area contributed by atoms with Crippen molar-refractivity contribution in [2.45, 2.75) is 63.6 Å². The smallest absolute Gasteiger partial charge is 0.410 e. The van der Waals surface area contributed by atoms with Crippen molar-refractivity contribution in [3.05, 3.63) is 82.1 Å². The van der Waals surface area contributed by atoms with Crippen molar-refractivity contribution in [3.63, 3.8) is 0 Å². The van der Waals surface area contributed by atoms with Crippen LogP contribution < -0.4 is 10.6 Å². The molecule has 1 aromatic heterocycles. The second-order valence-corrected chi connectivity index (χ2v) is 12.9. The van der Waals surface area contributed by atoms with Gasteiger partial charge in [0, 0.05) is 54.3 Å². The number of benzene rings is 2. The number of carboxylic acids is 1. The van der Waals surface area contributed by atoms with Crippen LogP contribution in [-0.2, 0) is 22.4 Å². The fourth-order valence-electron chi connectivity index (χ4n) is 5.67. The summed E-state index contributed by atoms with van der Waals surface area (Å²) in [6, 6.07) is 13.0. The van der Waals surface area contributed by atoms with Gasteiger partial charge in [-0.05, 0) is 80.6 Å². The minimum atomic E-state index is -1.62. The van der Waals surface area contributed by atoms with Crippen LogP contribution in [0.1, 0.15) is 65.6 Å². The number of nitrogens with one attached hydrogen (secondary N) is 2. The van der Waals surface area contributed by atoms with Gasteiger partial charge in [-0.15, -0.1) is 0 Å². The molecule has 4 N–H and O–H groups in total. The lowest BCUT2D eigenvalue weighted by Crippen LogP contribution is -2.55. The molecule has 2 aliphatic rings. The maximum atomic E-state index is 13.3. The van der Waals surface area contributed by atoms with Crippen molar-refractivity contribution in [1.29, 1.82) is 0 Å². The second-order valence-electron chi connectivity index (χ2n) is 12.5. The van der Waals surface area contributed by atoms with Gasteiger partial charge in [0.05, 0.1) is 0 Å². The van der Waals surface area contributed by atoms with E-state index in [4.69, 9.17) is 16.3 Å². The Labute approximate surface area is 265 Å². The van der Waals surface area contributed by atoms with Gasteiger partial charge in [0.25, 0.3) is 11.8 Å². The van der Waals surface area contributed by atoms with E-state index in [0.29, 0.717) is 47.6 Å². The van der Waals surface area contributed by atoms with E-state index in [-0.39, 0.29) is 36.6 Å². The molecule has 236 valence electrons. The number of aromatic nitrogens is 1. The Morgan fingerprint density at radius 3 is 2.29 bits per heavy atom. The Balaban J connectivity index is 1.23. The highest BCUT2D eigenvalue weighted by Crippen LogP contribution is 2.35. The predicted octanol–water partition coefficient (Wildman–Crippen LogP) is 4.59. The number of hydrogen-bond acceptors (Lipinski definition) is 7. The summed E-state index contributed by atoms with van der Waals surface area (Å²) in [5.41, 5.74) is 0.220. The van der Waals surface area contributed by atoms with Crippen LogP contribution in [0.15, 0.2) is 54.7 Å². The molecule has 0 spiro atoms. The third kappa shape index (κ3) is 7.04. The number of hydrogen-bond donors (Lipinski definition) is 4. The average molecular weight is 635 g/mol. The van der Waals surface area contributed by atoms with Gasteiger partial charge in [0.15, 0.2) is 11.4 Å². The number of carboxylic acid groups (broad SMARTS) is 1. The molecule has 5 rings (SSSR count). The average Bonchev–Trinajstić information content (AvgIpc) is 3.35. The third-order valence-electron chi connectivity index (χ3n) is 7.99. The fourth-order valence-corrected chi connectivity index (χ4v) is 5.86. The predicted molar refractivity (Wildman–Crippen MR) is 166 cm³/mol. The van der Waals surface area contributed by atoms with Crippen molar-refractivity contribution in [3.8, 4) is 16.9 Å². The molecule has 3 aromatic rings. The molecule has 0 radical (unpaired) electrons. The van der Waals surface area contributed by atoms with Crippen LogP contribution in [0.4, 0.5) is 4.79 Å². The Hall–Kier alpha value is -4.64. The number of aromatic hydroxyl groups is 1. The van der Waals surface area contributed by atoms with Crippen molar-refractivity contribution in [2.75, 3.05) is 13.1 Å². The van der Waals surface area contributed by atoms with Crippen molar-refractivity contribution in [1.82, 2.24) is 20.5 Å². The van der Waals surface area contributed by atoms with E-state index in [1.807, 2.05) is 20.8 Å². The maximum absolute atomic E-state index is 13.3. The number of fused-ring (bicyclic) bond motifs is 1. The molecule has 0 bridgehead atoms. The SMILES string of the molecule is CC(C)(C)OC(=O)N1CCC(NC(=O)c2ccc(-c3ccnc(C(=O)NC4(C(=O)O)Cc5ccc(Cl)cc5C4)c3O)cc2)CC1. The van der Waals surface area contributed by atoms with Crippen LogP contribution in [0, 0.1) is 0 Å². The number of aliphatic carboxylic acids is 1. The van der Waals surface area contributed by atoms with E-state index >= 15 is 0 Å². The first-order chi connectivity index (χ1) is 21.2. The van der Waals surface area contributed by atoms with Crippen LogP contribution in [0.25, 0.3) is 11.1 Å². The highest BCUT2D eigenvalue weighted by Gasteiger charge is 2.46. The molecule has 2 aromatic carbocycles. The number of carbonyl (C=O) groups is 4. The molecular formula is C33H35ClN4O7. The van der Waals surface area contributed by atoms with Crippen LogP contribution in [-0.4, -0.2) is 74.2 Å². The standard InChI is InChI=1S/C33H35ClN4O7/c1-32(2,3)45-31(44)38-14-11-24(12-15-38)36-28(40)20-6-4-19(5-7-20)25-10-13-35-26(27(25)39)29(41)37-33(30(42)43)17-21-8-9-23(34)16-22(21)18-33/h4-10,13,16,24,39H,11-12,14-15,17-18H2,1-3H3,(H,36,40)(H,37,41)(H,42,43). The number of nitrogens with zero attached hydrogens (tertiary/aromatic N) is 2. The topological polar surface area (TPSA) is 158 Å². The zero-order chi connectivity index (χ0) is 32.5. The largest absolute Gasteiger partial charge is 0.505 e. The Morgan fingerprint density at radius 1 is 0.978 bits per heavy atom. The normalized spacial score (nSPS) is 18.2. The first kappa shape index (κ1) is 31.8. The van der Waals surface area contributed by atoms with Crippen molar-refractivity contribution < 1.29 is 34.1 Å². The summed E-state index contributed by atoms with van der Waals surface area (Å²) in [7, 11) is 0. The minimum absolute atomic E-state index is 0.0385. The highest BCUT2D eigenvalue weighted by molar-refractivity contribution is 6.30. The first-order valence-electron chi connectivity index (χ1n) is 14.6. The molecular weight excluding hydrogens is 600 g/mol. The molecule has 12 heteroatoms. The number of amides is 3. The van der Waals surface area contributed by atoms with Gasteiger partial charge in [0.1, 0.15) is 11.1 Å². The molecule has 2 heterocycles. The summed E-state index contributed by atoms with van der Waals surface area (Å²) < 4.78 is 5.43. The van der Waals surface area contributed by atoms with E-state index in [9.17, 15) is 29.4 Å². The zero-order valence-electron chi connectivity index (χ0n) is 25.2. The van der Waals surface area contributed by atoms with E-state index in [1.165, 1.54) is 12.3 Å². The zero-order valence-corrected chi connectivity index (χ0v) is 26.0. The van der Waals surface area contributed by atoms with Crippen LogP contribution in [0.3, 0.4) is 0 Å². The van der Waals surface area contributed by atoms with Gasteiger partial charge in [-0.3, -0.25) is 9.59 Å². The molecule has 45 heavy (non-hydrogen) atoms. The summed E-state index contributed by atoms with van der Waals surface area (Å²) in [6.45, 7) is 6.41. The molecule has 11 nitrogen and oxygen atoms in total. The number of rotatable bonds is 6. The van der Waals surface area contributed by atoms with Gasteiger partial charge < -0.3 is 30.5 Å². The molecule has 1 saturated heterocycles. The highest BCUT2D eigenvalue weighted by atomic mass is 35.5. The summed E-state index contributed by atoms with van der Waals surface area (Å²) in [5, 5.41) is 27.2. The second kappa shape index (κ2) is 12.4. The number of piperidine rings is 1. The lowest BCUT2D eigenvalue weighted by molar-refractivity contribution is -0.144. The number of likely N-dealkylation sites (tertiary alicyclic amines) is 1. The summed E-state index contributed by atoms with van der Waals surface area (Å²) in [5.74, 6) is -2.72. The number of pyridine rings is 1. The molecule has 0 saturated carbocycles. The van der Waals surface area contributed by atoms with Gasteiger partial charge in [-0.25, -0.2) is 14.6 Å². The molecule has 1 aliphatic heterocycles. The molecule has 1 atom stereocenters. The molecule has 3 amide bonds. The molecule has 1 fully saturated rings. The van der Waals surface area contributed by atoms with E-state index in [0.717, 1.165) is 11.1 Å². The third-order valence-corrected chi connectivity index (χ3v) is 8.23. The van der Waals surface area contributed by atoms with Crippen LogP contribution in [0.5, 0.6) is 5.75 Å². The van der Waals surface area contributed by atoms with Crippen molar-refractivity contribution >= 4 is 35.5 Å². The Kier molecular flexibility index (Phi) is 8.75. The summed E-state index contributed by atoms with van der Waals surface area (Å²) in [6.07, 6.45) is 2.29. The monoisotopic (exact) mass is 634 g/mol. The van der Waals surface area contributed by atoms with Crippen LogP contribution >= 0.6 is 11.6 Å².